The van der Waals surface area contributed by atoms with Crippen molar-refractivity contribution in [3.63, 3.8) is 0 Å². The molecule has 3 heterocycles. The predicted octanol–water partition coefficient (Wildman–Crippen LogP) is 5.95. The van der Waals surface area contributed by atoms with E-state index in [1.54, 1.807) is 25.6 Å². The van der Waals surface area contributed by atoms with Gasteiger partial charge in [0.15, 0.2) is 5.82 Å². The van der Waals surface area contributed by atoms with Crippen LogP contribution in [0, 0.1) is 12.7 Å². The van der Waals surface area contributed by atoms with Crippen molar-refractivity contribution in [2.75, 3.05) is 7.11 Å². The molecular formula is C25H21ClFN5O. The quantitative estimate of drug-likeness (QED) is 0.324. The Hall–Kier alpha value is -3.71. The lowest BCUT2D eigenvalue weighted by atomic mass is 10.0. The van der Waals surface area contributed by atoms with Gasteiger partial charge in [-0.3, -0.25) is 0 Å². The maximum absolute atomic E-state index is 13.4. The number of benzene rings is 2. The summed E-state index contributed by atoms with van der Waals surface area (Å²) in [6.07, 6.45) is 5.51. The first-order valence-corrected chi connectivity index (χ1v) is 10.8. The molecule has 0 unspecified atom stereocenters. The molecule has 1 aromatic heterocycles. The molecule has 0 aliphatic carbocycles. The van der Waals surface area contributed by atoms with Crippen LogP contribution >= 0.6 is 11.6 Å². The molecule has 0 spiro atoms. The number of aryl methyl sites for hydroxylation is 1. The van der Waals surface area contributed by atoms with Gasteiger partial charge >= 0.3 is 0 Å². The van der Waals surface area contributed by atoms with Gasteiger partial charge in [-0.1, -0.05) is 29.8 Å². The summed E-state index contributed by atoms with van der Waals surface area (Å²) in [5.41, 5.74) is 5.13. The Bertz CT molecular complexity index is 1410. The molecule has 6 nitrogen and oxygen atoms in total. The van der Waals surface area contributed by atoms with E-state index < -0.39 is 0 Å². The molecular weight excluding hydrogens is 441 g/mol. The molecule has 0 amide bonds. The fourth-order valence-electron chi connectivity index (χ4n) is 4.01. The Kier molecular flexibility index (Phi) is 5.34. The lowest BCUT2D eigenvalue weighted by Crippen LogP contribution is -2.10. The van der Waals surface area contributed by atoms with Gasteiger partial charge in [0.2, 0.25) is 0 Å². The van der Waals surface area contributed by atoms with Crippen LogP contribution in [0.5, 0.6) is 5.75 Å². The first kappa shape index (κ1) is 21.2. The summed E-state index contributed by atoms with van der Waals surface area (Å²) >= 11 is 6.49. The van der Waals surface area contributed by atoms with E-state index in [1.165, 1.54) is 12.1 Å². The van der Waals surface area contributed by atoms with E-state index in [4.69, 9.17) is 16.3 Å². The summed E-state index contributed by atoms with van der Waals surface area (Å²) < 4.78 is 22.9. The number of methoxy groups -OCH3 is 1. The lowest BCUT2D eigenvalue weighted by Gasteiger charge is -2.20. The zero-order valence-electron chi connectivity index (χ0n) is 18.3. The molecule has 8 heteroatoms. The largest absolute Gasteiger partial charge is 0.495 e. The minimum absolute atomic E-state index is 0.113. The smallest absolute Gasteiger partial charge is 0.165 e. The minimum atomic E-state index is -0.272. The summed E-state index contributed by atoms with van der Waals surface area (Å²) in [4.78, 5) is 4.29. The monoisotopic (exact) mass is 461 g/mol. The second-order valence-corrected chi connectivity index (χ2v) is 8.32. The standard InChI is InChI=1S/C25H21ClFN5O/c1-15-12-31(14-28-15)22-9-6-18(10-23(22)33-3)24-21-11-19(26)13-32(25(21)30-29-24)16(2)17-4-7-20(27)8-5-17/h4-14,16H,1-3H3/t16-/m0/s1. The number of pyridine rings is 1. The van der Waals surface area contributed by atoms with Crippen molar-refractivity contribution in [3.8, 4) is 34.1 Å². The topological polar surface area (TPSA) is 57.8 Å². The van der Waals surface area contributed by atoms with Gasteiger partial charge < -0.3 is 13.9 Å². The van der Waals surface area contributed by atoms with Gasteiger partial charge in [0.25, 0.3) is 0 Å². The Morgan fingerprint density at radius 3 is 2.52 bits per heavy atom. The highest BCUT2D eigenvalue weighted by Crippen LogP contribution is 2.38. The number of hydrogen-bond acceptors (Lipinski definition) is 4. The molecule has 0 radical (unpaired) electrons. The molecule has 5 rings (SSSR count). The normalized spacial score (nSPS) is 12.3. The van der Waals surface area contributed by atoms with Gasteiger partial charge in [0.05, 0.1) is 35.9 Å². The van der Waals surface area contributed by atoms with E-state index in [0.717, 1.165) is 28.1 Å². The van der Waals surface area contributed by atoms with Crippen LogP contribution < -0.4 is 4.74 Å². The van der Waals surface area contributed by atoms with Crippen LogP contribution in [0.2, 0.25) is 5.02 Å². The van der Waals surface area contributed by atoms with Crippen molar-refractivity contribution in [1.29, 1.82) is 0 Å². The molecule has 0 N–H and O–H groups in total. The van der Waals surface area contributed by atoms with Crippen molar-refractivity contribution in [1.82, 2.24) is 24.3 Å². The lowest BCUT2D eigenvalue weighted by molar-refractivity contribution is 0.413. The van der Waals surface area contributed by atoms with Crippen molar-refractivity contribution < 1.29 is 9.13 Å². The summed E-state index contributed by atoms with van der Waals surface area (Å²) in [7, 11) is 1.64. The van der Waals surface area contributed by atoms with E-state index in [-0.39, 0.29) is 11.9 Å². The summed E-state index contributed by atoms with van der Waals surface area (Å²) in [5.74, 6) is 1.11. The highest BCUT2D eigenvalue weighted by atomic mass is 35.5. The van der Waals surface area contributed by atoms with Crippen LogP contribution in [0.15, 0.2) is 67.3 Å². The fraction of sp³-hybridized carbons (Fsp3) is 0.160. The second-order valence-electron chi connectivity index (χ2n) is 7.89. The van der Waals surface area contributed by atoms with Crippen molar-refractivity contribution in [2.24, 2.45) is 0 Å². The van der Waals surface area contributed by atoms with Crippen molar-refractivity contribution >= 4 is 11.6 Å². The van der Waals surface area contributed by atoms with E-state index in [0.29, 0.717) is 22.3 Å². The predicted molar refractivity (Wildman–Crippen MR) is 126 cm³/mol. The van der Waals surface area contributed by atoms with Crippen LogP contribution in [-0.4, -0.2) is 31.4 Å². The number of halogens is 2. The Balaban J connectivity index is 1.57. The van der Waals surface area contributed by atoms with Gasteiger partial charge in [-0.15, -0.1) is 10.2 Å². The molecule has 2 aliphatic rings. The highest BCUT2D eigenvalue weighted by Gasteiger charge is 2.23. The molecule has 0 saturated heterocycles. The average molecular weight is 462 g/mol. The maximum Gasteiger partial charge on any atom is 0.165 e. The van der Waals surface area contributed by atoms with Crippen LogP contribution in [0.25, 0.3) is 28.3 Å². The molecule has 0 saturated carbocycles. The molecule has 33 heavy (non-hydrogen) atoms. The fourth-order valence-corrected chi connectivity index (χ4v) is 4.22. The van der Waals surface area contributed by atoms with Crippen LogP contribution in [0.3, 0.4) is 0 Å². The molecule has 3 aromatic rings. The number of aromatic nitrogens is 5. The van der Waals surface area contributed by atoms with Crippen LogP contribution in [0.4, 0.5) is 4.39 Å². The third-order valence-electron chi connectivity index (χ3n) is 5.74. The van der Waals surface area contributed by atoms with Gasteiger partial charge in [-0.05, 0) is 49.7 Å². The average Bonchev–Trinajstić information content (AvgIpc) is 3.44. The minimum Gasteiger partial charge on any atom is -0.495 e. The number of fused-ring (bicyclic) bond motifs is 1. The summed E-state index contributed by atoms with van der Waals surface area (Å²) in [5, 5.41) is 9.50. The summed E-state index contributed by atoms with van der Waals surface area (Å²) in [6.45, 7) is 3.96. The molecule has 0 fully saturated rings. The Morgan fingerprint density at radius 1 is 1.03 bits per heavy atom. The number of nitrogens with zero attached hydrogens (tertiary/aromatic N) is 5. The summed E-state index contributed by atoms with van der Waals surface area (Å²) in [6, 6.07) is 14.1. The van der Waals surface area contributed by atoms with Gasteiger partial charge in [0, 0.05) is 23.5 Å². The Labute approximate surface area is 195 Å². The second kappa shape index (κ2) is 8.33. The first-order chi connectivity index (χ1) is 15.9. The van der Waals surface area contributed by atoms with Crippen molar-refractivity contribution in [3.05, 3.63) is 89.3 Å². The number of imidazole rings is 1. The SMILES string of the molecule is COc1cc(-c2nnc3n([C@@H](C)c4ccc(F)cc4)cc(Cl)cc2-3)ccc1-n1cnc(C)c1. The molecule has 166 valence electrons. The van der Waals surface area contributed by atoms with Crippen LogP contribution in [-0.2, 0) is 0 Å². The number of rotatable bonds is 5. The van der Waals surface area contributed by atoms with Crippen molar-refractivity contribution in [2.45, 2.75) is 19.9 Å². The molecule has 2 aliphatic heterocycles. The zero-order valence-corrected chi connectivity index (χ0v) is 19.1. The number of hydrogen-bond donors (Lipinski definition) is 0. The zero-order chi connectivity index (χ0) is 23.1. The molecule has 1 atom stereocenters. The van der Waals surface area contributed by atoms with E-state index >= 15 is 0 Å². The van der Waals surface area contributed by atoms with E-state index in [2.05, 4.69) is 15.2 Å². The first-order valence-electron chi connectivity index (χ1n) is 10.4. The molecule has 0 bridgehead atoms. The van der Waals surface area contributed by atoms with E-state index in [1.807, 2.05) is 59.6 Å². The van der Waals surface area contributed by atoms with Gasteiger partial charge in [-0.25, -0.2) is 9.37 Å². The van der Waals surface area contributed by atoms with Gasteiger partial charge in [-0.2, -0.15) is 0 Å². The highest BCUT2D eigenvalue weighted by molar-refractivity contribution is 6.30. The number of ether oxygens (including phenoxy) is 1. The third kappa shape index (κ3) is 3.85. The Morgan fingerprint density at radius 2 is 1.82 bits per heavy atom. The van der Waals surface area contributed by atoms with Gasteiger partial charge in [0.1, 0.15) is 17.3 Å². The van der Waals surface area contributed by atoms with Crippen LogP contribution in [0.1, 0.15) is 24.2 Å². The molecule has 2 aromatic carbocycles. The maximum atomic E-state index is 13.4. The third-order valence-corrected chi connectivity index (χ3v) is 5.95. The van der Waals surface area contributed by atoms with E-state index in [9.17, 15) is 4.39 Å².